The maximum absolute atomic E-state index is 12.4. The van der Waals surface area contributed by atoms with Gasteiger partial charge in [0.15, 0.2) is 5.69 Å². The molecule has 1 amide bonds. The molecule has 9 heteroatoms. The molecule has 158 valence electrons. The lowest BCUT2D eigenvalue weighted by molar-refractivity contribution is 0.0946. The third-order valence-electron chi connectivity index (χ3n) is 4.53. The topological polar surface area (TPSA) is 102 Å². The van der Waals surface area contributed by atoms with Gasteiger partial charge in [0.2, 0.25) is 0 Å². The van der Waals surface area contributed by atoms with E-state index >= 15 is 0 Å². The summed E-state index contributed by atoms with van der Waals surface area (Å²) in [7, 11) is 0. The summed E-state index contributed by atoms with van der Waals surface area (Å²) in [6, 6.07) is 16.3. The number of carbonyl (C=O) groups excluding carboxylic acids is 1. The number of aromatic nitrogens is 4. The highest BCUT2D eigenvalue weighted by molar-refractivity contribution is 7.13. The van der Waals surface area contributed by atoms with Gasteiger partial charge in [-0.2, -0.15) is 10.2 Å². The standard InChI is InChI=1S/C22H21N5O3S/c1-2-30-16-7-5-15(6-8-16)17-9-10-21(28)27(26-17)12-11-23-22(29)19-14-18(24-25-19)20-4-3-13-31-20/h3-10,13-14H,2,11-12H2,1H3,(H,23,29)(H,24,25). The van der Waals surface area contributed by atoms with Gasteiger partial charge in [-0.25, -0.2) is 4.68 Å². The molecule has 0 spiro atoms. The molecule has 0 saturated carbocycles. The van der Waals surface area contributed by atoms with Crippen molar-refractivity contribution in [2.24, 2.45) is 0 Å². The van der Waals surface area contributed by atoms with E-state index in [-0.39, 0.29) is 24.6 Å². The van der Waals surface area contributed by atoms with Crippen molar-refractivity contribution in [2.75, 3.05) is 13.2 Å². The summed E-state index contributed by atoms with van der Waals surface area (Å²) >= 11 is 1.56. The maximum Gasteiger partial charge on any atom is 0.271 e. The second-order valence-electron chi connectivity index (χ2n) is 6.64. The zero-order valence-electron chi connectivity index (χ0n) is 16.9. The minimum atomic E-state index is -0.310. The molecule has 3 heterocycles. The van der Waals surface area contributed by atoms with Crippen molar-refractivity contribution in [3.8, 4) is 27.6 Å². The van der Waals surface area contributed by atoms with Crippen LogP contribution < -0.4 is 15.6 Å². The Bertz CT molecular complexity index is 1210. The van der Waals surface area contributed by atoms with Gasteiger partial charge in [0.25, 0.3) is 11.5 Å². The number of hydrogen-bond donors (Lipinski definition) is 2. The molecule has 0 bridgehead atoms. The van der Waals surface area contributed by atoms with E-state index in [9.17, 15) is 9.59 Å². The van der Waals surface area contributed by atoms with Gasteiger partial charge in [-0.3, -0.25) is 14.7 Å². The highest BCUT2D eigenvalue weighted by atomic mass is 32.1. The van der Waals surface area contributed by atoms with Gasteiger partial charge < -0.3 is 10.1 Å². The first-order chi connectivity index (χ1) is 15.1. The van der Waals surface area contributed by atoms with Crippen molar-refractivity contribution in [2.45, 2.75) is 13.5 Å². The molecule has 1 aromatic carbocycles. The lowest BCUT2D eigenvalue weighted by Crippen LogP contribution is -2.32. The highest BCUT2D eigenvalue weighted by Gasteiger charge is 2.12. The van der Waals surface area contributed by atoms with Crippen LogP contribution in [-0.2, 0) is 6.54 Å². The fourth-order valence-corrected chi connectivity index (χ4v) is 3.71. The van der Waals surface area contributed by atoms with Crippen LogP contribution in [0.15, 0.2) is 64.8 Å². The first kappa shape index (κ1) is 20.5. The lowest BCUT2D eigenvalue weighted by Gasteiger charge is -2.09. The van der Waals surface area contributed by atoms with Crippen molar-refractivity contribution in [3.63, 3.8) is 0 Å². The summed E-state index contributed by atoms with van der Waals surface area (Å²) in [6.45, 7) is 3.03. The number of hydrogen-bond acceptors (Lipinski definition) is 6. The van der Waals surface area contributed by atoms with E-state index in [1.54, 1.807) is 23.5 Å². The number of thiophene rings is 1. The molecule has 0 unspecified atom stereocenters. The summed E-state index contributed by atoms with van der Waals surface area (Å²) in [5.74, 6) is 0.470. The second kappa shape index (κ2) is 9.40. The maximum atomic E-state index is 12.4. The average molecular weight is 436 g/mol. The predicted octanol–water partition coefficient (Wildman–Crippen LogP) is 3.19. The Morgan fingerprint density at radius 1 is 1.19 bits per heavy atom. The number of nitrogens with zero attached hydrogens (tertiary/aromatic N) is 3. The first-order valence-electron chi connectivity index (χ1n) is 9.83. The number of H-pyrrole nitrogens is 1. The van der Waals surface area contributed by atoms with Gasteiger partial charge in [-0.15, -0.1) is 11.3 Å². The molecule has 4 rings (SSSR count). The zero-order chi connectivity index (χ0) is 21.6. The fourth-order valence-electron chi connectivity index (χ4n) is 3.01. The number of rotatable bonds is 8. The first-order valence-corrected chi connectivity index (χ1v) is 10.7. The van der Waals surface area contributed by atoms with Crippen LogP contribution in [0.2, 0.25) is 0 Å². The number of carbonyl (C=O) groups is 1. The Kier molecular flexibility index (Phi) is 6.23. The minimum absolute atomic E-state index is 0.233. The lowest BCUT2D eigenvalue weighted by atomic mass is 10.1. The monoisotopic (exact) mass is 435 g/mol. The minimum Gasteiger partial charge on any atom is -0.494 e. The summed E-state index contributed by atoms with van der Waals surface area (Å²) in [5.41, 5.74) is 2.40. The Hall–Kier alpha value is -3.72. The quantitative estimate of drug-likeness (QED) is 0.443. The Morgan fingerprint density at radius 2 is 2.03 bits per heavy atom. The van der Waals surface area contributed by atoms with Gasteiger partial charge >= 0.3 is 0 Å². The fraction of sp³-hybridized carbons (Fsp3) is 0.182. The Labute approximate surface area is 182 Å². The van der Waals surface area contributed by atoms with E-state index in [4.69, 9.17) is 4.74 Å². The van der Waals surface area contributed by atoms with Crippen molar-refractivity contribution in [1.82, 2.24) is 25.3 Å². The van der Waals surface area contributed by atoms with Crippen molar-refractivity contribution in [3.05, 3.63) is 76.0 Å². The van der Waals surface area contributed by atoms with Crippen molar-refractivity contribution >= 4 is 17.2 Å². The highest BCUT2D eigenvalue weighted by Crippen LogP contribution is 2.23. The van der Waals surface area contributed by atoms with Gasteiger partial charge in [-0.05, 0) is 54.8 Å². The molecular formula is C22H21N5O3S. The summed E-state index contributed by atoms with van der Waals surface area (Å²) in [6.07, 6.45) is 0. The molecule has 0 fully saturated rings. The van der Waals surface area contributed by atoms with Crippen LogP contribution in [0.1, 0.15) is 17.4 Å². The van der Waals surface area contributed by atoms with Gasteiger partial charge in [-0.1, -0.05) is 6.07 Å². The molecule has 0 atom stereocenters. The number of aromatic amines is 1. The van der Waals surface area contributed by atoms with E-state index < -0.39 is 0 Å². The summed E-state index contributed by atoms with van der Waals surface area (Å²) in [5, 5.41) is 16.1. The second-order valence-corrected chi connectivity index (χ2v) is 7.59. The molecule has 31 heavy (non-hydrogen) atoms. The van der Waals surface area contributed by atoms with Crippen LogP contribution in [0.4, 0.5) is 0 Å². The van der Waals surface area contributed by atoms with Gasteiger partial charge in [0, 0.05) is 18.2 Å². The molecule has 4 aromatic rings. The Morgan fingerprint density at radius 3 is 2.77 bits per heavy atom. The molecule has 0 saturated heterocycles. The smallest absolute Gasteiger partial charge is 0.271 e. The number of benzene rings is 1. The van der Waals surface area contributed by atoms with E-state index in [1.807, 2.05) is 48.7 Å². The molecule has 0 aliphatic rings. The van der Waals surface area contributed by atoms with Crippen molar-refractivity contribution in [1.29, 1.82) is 0 Å². The Balaban J connectivity index is 1.39. The molecule has 0 radical (unpaired) electrons. The molecule has 0 aliphatic carbocycles. The molecular weight excluding hydrogens is 414 g/mol. The van der Waals surface area contributed by atoms with Crippen LogP contribution in [0, 0.1) is 0 Å². The van der Waals surface area contributed by atoms with Gasteiger partial charge in [0.1, 0.15) is 5.75 Å². The van der Waals surface area contributed by atoms with Crippen molar-refractivity contribution < 1.29 is 9.53 Å². The number of ether oxygens (including phenoxy) is 1. The van der Waals surface area contributed by atoms with Crippen LogP contribution in [0.3, 0.4) is 0 Å². The predicted molar refractivity (Wildman–Crippen MR) is 119 cm³/mol. The third kappa shape index (κ3) is 4.89. The van der Waals surface area contributed by atoms with E-state index in [2.05, 4.69) is 20.6 Å². The molecule has 8 nitrogen and oxygen atoms in total. The largest absolute Gasteiger partial charge is 0.494 e. The molecule has 2 N–H and O–H groups in total. The third-order valence-corrected chi connectivity index (χ3v) is 5.44. The van der Waals surface area contributed by atoms with Crippen LogP contribution >= 0.6 is 11.3 Å². The normalized spacial score (nSPS) is 10.7. The van der Waals surface area contributed by atoms with Crippen LogP contribution in [-0.4, -0.2) is 39.0 Å². The SMILES string of the molecule is CCOc1ccc(-c2ccc(=O)n(CCNC(=O)c3cc(-c4cccs4)[nH]n3)n2)cc1. The zero-order valence-corrected chi connectivity index (χ0v) is 17.7. The van der Waals surface area contributed by atoms with Gasteiger partial charge in [0.05, 0.1) is 29.4 Å². The molecule has 3 aromatic heterocycles. The average Bonchev–Trinajstić information content (AvgIpc) is 3.48. The van der Waals surface area contributed by atoms with E-state index in [0.717, 1.165) is 21.9 Å². The van der Waals surface area contributed by atoms with Crippen LogP contribution in [0.5, 0.6) is 5.75 Å². The molecule has 0 aliphatic heterocycles. The number of nitrogens with one attached hydrogen (secondary N) is 2. The van der Waals surface area contributed by atoms with E-state index in [0.29, 0.717) is 18.0 Å². The summed E-state index contributed by atoms with van der Waals surface area (Å²) < 4.78 is 6.79. The van der Waals surface area contributed by atoms with E-state index in [1.165, 1.54) is 10.7 Å². The number of amides is 1. The van der Waals surface area contributed by atoms with Crippen LogP contribution in [0.25, 0.3) is 21.8 Å². The summed E-state index contributed by atoms with van der Waals surface area (Å²) in [4.78, 5) is 25.5.